The van der Waals surface area contributed by atoms with Gasteiger partial charge in [0.2, 0.25) is 5.82 Å². The van der Waals surface area contributed by atoms with Gasteiger partial charge in [-0.1, -0.05) is 36.4 Å². The normalized spacial score (nSPS) is 10.6. The Morgan fingerprint density at radius 2 is 1.71 bits per heavy atom. The third kappa shape index (κ3) is 3.66. The van der Waals surface area contributed by atoms with Crippen molar-refractivity contribution in [1.82, 2.24) is 9.97 Å². The van der Waals surface area contributed by atoms with E-state index in [-0.39, 0.29) is 11.5 Å². The zero-order valence-electron chi connectivity index (χ0n) is 15.1. The van der Waals surface area contributed by atoms with Gasteiger partial charge in [-0.05, 0) is 48.9 Å². The Morgan fingerprint density at radius 3 is 2.54 bits per heavy atom. The van der Waals surface area contributed by atoms with Crippen LogP contribution in [0.1, 0.15) is 16.2 Å². The number of carbonyl (C=O) groups is 1. The number of nitrogens with one attached hydrogen (secondary N) is 2. The third-order valence-electron chi connectivity index (χ3n) is 4.21. The summed E-state index contributed by atoms with van der Waals surface area (Å²) >= 11 is 0. The third-order valence-corrected chi connectivity index (χ3v) is 4.21. The summed E-state index contributed by atoms with van der Waals surface area (Å²) in [6, 6.07) is 21.2. The Bertz CT molecular complexity index is 1180. The zero-order valence-corrected chi connectivity index (χ0v) is 15.1. The van der Waals surface area contributed by atoms with E-state index in [0.717, 1.165) is 16.6 Å². The first kappa shape index (κ1) is 17.6. The van der Waals surface area contributed by atoms with Crippen LogP contribution in [0.5, 0.6) is 0 Å². The highest BCUT2D eigenvalue weighted by Gasteiger charge is 2.16. The van der Waals surface area contributed by atoms with E-state index in [1.807, 2.05) is 49.4 Å². The molecular formula is C22H17FN4O. The molecule has 0 aliphatic heterocycles. The summed E-state index contributed by atoms with van der Waals surface area (Å²) in [4.78, 5) is 21.4. The second-order valence-corrected chi connectivity index (χ2v) is 6.34. The van der Waals surface area contributed by atoms with Crippen molar-refractivity contribution in [2.75, 3.05) is 10.6 Å². The SMILES string of the molecule is Cc1cccc(Nc2nc(C(=O)Nc3ccccc3F)nc3ccccc23)c1. The Hall–Kier alpha value is -3.80. The first-order valence-corrected chi connectivity index (χ1v) is 8.76. The number of benzene rings is 3. The molecule has 0 atom stereocenters. The van der Waals surface area contributed by atoms with Gasteiger partial charge in [0.25, 0.3) is 5.91 Å². The van der Waals surface area contributed by atoms with Gasteiger partial charge in [-0.15, -0.1) is 0 Å². The van der Waals surface area contributed by atoms with Gasteiger partial charge in [-0.2, -0.15) is 0 Å². The summed E-state index contributed by atoms with van der Waals surface area (Å²) in [6.07, 6.45) is 0. The van der Waals surface area contributed by atoms with Crippen molar-refractivity contribution in [2.45, 2.75) is 6.92 Å². The molecule has 0 saturated heterocycles. The van der Waals surface area contributed by atoms with Crippen LogP contribution in [0.4, 0.5) is 21.6 Å². The van der Waals surface area contributed by atoms with E-state index >= 15 is 0 Å². The number of nitrogens with zero attached hydrogens (tertiary/aromatic N) is 2. The minimum Gasteiger partial charge on any atom is -0.340 e. The molecule has 4 aromatic rings. The quantitative estimate of drug-likeness (QED) is 0.525. The zero-order chi connectivity index (χ0) is 19.5. The van der Waals surface area contributed by atoms with Crippen molar-refractivity contribution in [1.29, 1.82) is 0 Å². The molecule has 0 radical (unpaired) electrons. The molecule has 0 unspecified atom stereocenters. The summed E-state index contributed by atoms with van der Waals surface area (Å²) in [7, 11) is 0. The smallest absolute Gasteiger partial charge is 0.293 e. The van der Waals surface area contributed by atoms with E-state index in [0.29, 0.717) is 11.3 Å². The summed E-state index contributed by atoms with van der Waals surface area (Å²) in [6.45, 7) is 2.00. The number of aromatic nitrogens is 2. The number of para-hydroxylation sites is 2. The molecule has 0 fully saturated rings. The van der Waals surface area contributed by atoms with E-state index in [9.17, 15) is 9.18 Å². The van der Waals surface area contributed by atoms with Crippen molar-refractivity contribution >= 4 is 34.0 Å². The Morgan fingerprint density at radius 1 is 0.929 bits per heavy atom. The van der Waals surface area contributed by atoms with E-state index in [4.69, 9.17) is 0 Å². The van der Waals surface area contributed by atoms with Gasteiger partial charge >= 0.3 is 0 Å². The Labute approximate surface area is 161 Å². The number of rotatable bonds is 4. The predicted molar refractivity (Wildman–Crippen MR) is 108 cm³/mol. The molecule has 0 saturated carbocycles. The molecule has 0 aliphatic rings. The summed E-state index contributed by atoms with van der Waals surface area (Å²) < 4.78 is 13.9. The number of anilines is 3. The fourth-order valence-corrected chi connectivity index (χ4v) is 2.87. The van der Waals surface area contributed by atoms with Gasteiger partial charge in [-0.3, -0.25) is 4.79 Å². The molecule has 1 aromatic heterocycles. The molecule has 2 N–H and O–H groups in total. The van der Waals surface area contributed by atoms with Crippen LogP contribution in [-0.4, -0.2) is 15.9 Å². The van der Waals surface area contributed by atoms with Crippen LogP contribution in [0.15, 0.2) is 72.8 Å². The fourth-order valence-electron chi connectivity index (χ4n) is 2.87. The minimum absolute atomic E-state index is 0.0443. The van der Waals surface area contributed by atoms with Gasteiger partial charge in [0.05, 0.1) is 11.2 Å². The highest BCUT2D eigenvalue weighted by Crippen LogP contribution is 2.24. The fraction of sp³-hybridized carbons (Fsp3) is 0.0455. The maximum atomic E-state index is 13.9. The van der Waals surface area contributed by atoms with Gasteiger partial charge in [-0.25, -0.2) is 14.4 Å². The van der Waals surface area contributed by atoms with E-state index in [2.05, 4.69) is 20.6 Å². The highest BCUT2D eigenvalue weighted by molar-refractivity contribution is 6.04. The molecule has 28 heavy (non-hydrogen) atoms. The second kappa shape index (κ2) is 7.44. The summed E-state index contributed by atoms with van der Waals surface area (Å²) in [5.41, 5.74) is 2.65. The number of amides is 1. The molecule has 3 aromatic carbocycles. The van der Waals surface area contributed by atoms with E-state index in [1.54, 1.807) is 18.2 Å². The van der Waals surface area contributed by atoms with Crippen LogP contribution < -0.4 is 10.6 Å². The molecule has 138 valence electrons. The second-order valence-electron chi connectivity index (χ2n) is 6.34. The maximum absolute atomic E-state index is 13.9. The molecule has 5 nitrogen and oxygen atoms in total. The van der Waals surface area contributed by atoms with Crippen molar-refractivity contribution in [2.24, 2.45) is 0 Å². The van der Waals surface area contributed by atoms with Crippen LogP contribution in [0.2, 0.25) is 0 Å². The summed E-state index contributed by atoms with van der Waals surface area (Å²) in [5, 5.41) is 6.56. The lowest BCUT2D eigenvalue weighted by Gasteiger charge is -2.12. The van der Waals surface area contributed by atoms with Gasteiger partial charge in [0, 0.05) is 11.1 Å². The van der Waals surface area contributed by atoms with Crippen molar-refractivity contribution < 1.29 is 9.18 Å². The van der Waals surface area contributed by atoms with Crippen LogP contribution >= 0.6 is 0 Å². The maximum Gasteiger partial charge on any atom is 0.293 e. The molecule has 0 bridgehead atoms. The van der Waals surface area contributed by atoms with Crippen molar-refractivity contribution in [3.8, 4) is 0 Å². The molecule has 1 amide bonds. The monoisotopic (exact) mass is 372 g/mol. The summed E-state index contributed by atoms with van der Waals surface area (Å²) in [5.74, 6) is -0.634. The molecule has 4 rings (SSSR count). The lowest BCUT2D eigenvalue weighted by molar-refractivity contribution is 0.101. The predicted octanol–water partition coefficient (Wildman–Crippen LogP) is 5.07. The molecule has 0 spiro atoms. The molecule has 0 aliphatic carbocycles. The van der Waals surface area contributed by atoms with Crippen LogP contribution in [0.25, 0.3) is 10.9 Å². The van der Waals surface area contributed by atoms with Gasteiger partial charge < -0.3 is 10.6 Å². The van der Waals surface area contributed by atoms with Gasteiger partial charge in [0.15, 0.2) is 0 Å². The van der Waals surface area contributed by atoms with Gasteiger partial charge in [0.1, 0.15) is 11.6 Å². The first-order chi connectivity index (χ1) is 13.6. The first-order valence-electron chi connectivity index (χ1n) is 8.76. The van der Waals surface area contributed by atoms with Crippen LogP contribution in [0.3, 0.4) is 0 Å². The number of hydrogen-bond acceptors (Lipinski definition) is 4. The lowest BCUT2D eigenvalue weighted by Crippen LogP contribution is -2.17. The molecular weight excluding hydrogens is 355 g/mol. The number of carbonyl (C=O) groups excluding carboxylic acids is 1. The number of fused-ring (bicyclic) bond motifs is 1. The average Bonchev–Trinajstić information content (AvgIpc) is 2.69. The van der Waals surface area contributed by atoms with Crippen molar-refractivity contribution in [3.05, 3.63) is 90.0 Å². The standard InChI is InChI=1S/C22H17FN4O/c1-14-7-6-8-15(13-14)24-20-16-9-2-4-11-18(16)25-21(27-20)22(28)26-19-12-5-3-10-17(19)23/h2-13H,1H3,(H,26,28)(H,24,25,27). The van der Waals surface area contributed by atoms with Crippen LogP contribution in [0, 0.1) is 12.7 Å². The number of aryl methyl sites for hydroxylation is 1. The van der Waals surface area contributed by atoms with Crippen molar-refractivity contribution in [3.63, 3.8) is 0 Å². The molecule has 1 heterocycles. The van der Waals surface area contributed by atoms with E-state index < -0.39 is 11.7 Å². The Balaban J connectivity index is 1.73. The van der Waals surface area contributed by atoms with E-state index in [1.165, 1.54) is 12.1 Å². The molecule has 6 heteroatoms. The largest absolute Gasteiger partial charge is 0.340 e. The highest BCUT2D eigenvalue weighted by atomic mass is 19.1. The number of hydrogen-bond donors (Lipinski definition) is 2. The lowest BCUT2D eigenvalue weighted by atomic mass is 10.2. The number of halogens is 1. The minimum atomic E-state index is -0.580. The Kier molecular flexibility index (Phi) is 4.68. The topological polar surface area (TPSA) is 66.9 Å². The van der Waals surface area contributed by atoms with Crippen LogP contribution in [-0.2, 0) is 0 Å². The average molecular weight is 372 g/mol.